The minimum atomic E-state index is -1.26. The van der Waals surface area contributed by atoms with Crippen molar-refractivity contribution in [1.82, 2.24) is 9.80 Å². The maximum Gasteiger partial charge on any atom is 0.328 e. The van der Waals surface area contributed by atoms with Crippen LogP contribution in [-0.2, 0) is 14.3 Å². The average molecular weight is 511 g/mol. The third-order valence-corrected chi connectivity index (χ3v) is 5.20. The molecule has 1 saturated heterocycles. The summed E-state index contributed by atoms with van der Waals surface area (Å²) in [6.45, 7) is 8.01. The molecule has 2 N–H and O–H groups in total. The highest BCUT2D eigenvalue weighted by Crippen LogP contribution is 2.18. The highest BCUT2D eigenvalue weighted by atomic mass is 79.9. The molecule has 1 aromatic rings. The van der Waals surface area contributed by atoms with Gasteiger partial charge in [-0.1, -0.05) is 22.0 Å². The minimum absolute atomic E-state index is 0.118. The number of hydrogen-bond acceptors (Lipinski definition) is 5. The maximum absolute atomic E-state index is 12.5. The summed E-state index contributed by atoms with van der Waals surface area (Å²) < 4.78 is 6.95. The van der Waals surface area contributed by atoms with Crippen molar-refractivity contribution in [1.29, 1.82) is 0 Å². The third-order valence-electron chi connectivity index (χ3n) is 4.67. The number of likely N-dealkylation sites (N-methyl/N-ethyl adjacent to an activating group) is 1. The predicted molar refractivity (Wildman–Crippen MR) is 126 cm³/mol. The number of carbonyl (C=O) groups excluding carboxylic acids is 1. The first-order valence-corrected chi connectivity index (χ1v) is 11.1. The van der Waals surface area contributed by atoms with Crippen LogP contribution in [0.1, 0.15) is 29.6 Å². The lowest BCUT2D eigenvalue weighted by atomic mass is 10.1. The number of piperidine rings is 1. The van der Waals surface area contributed by atoms with E-state index in [2.05, 4.69) is 34.5 Å². The Morgan fingerprint density at radius 2 is 1.72 bits per heavy atom. The Bertz CT molecular complexity index is 757. The fraction of sp³-hybridized carbons (Fsp3) is 0.435. The van der Waals surface area contributed by atoms with Crippen molar-refractivity contribution >= 4 is 33.8 Å². The molecule has 1 fully saturated rings. The van der Waals surface area contributed by atoms with E-state index in [1.165, 1.54) is 0 Å². The van der Waals surface area contributed by atoms with E-state index in [0.29, 0.717) is 12.2 Å². The van der Waals surface area contributed by atoms with Crippen molar-refractivity contribution in [3.05, 3.63) is 59.1 Å². The van der Waals surface area contributed by atoms with E-state index < -0.39 is 11.9 Å². The van der Waals surface area contributed by atoms with Crippen LogP contribution in [0.2, 0.25) is 0 Å². The second-order valence-corrected chi connectivity index (χ2v) is 8.20. The zero-order chi connectivity index (χ0) is 23.9. The monoisotopic (exact) mass is 510 g/mol. The number of nitrogens with zero attached hydrogens (tertiary/aromatic N) is 2. The molecule has 9 heteroatoms. The first kappa shape index (κ1) is 27.5. The van der Waals surface area contributed by atoms with Gasteiger partial charge in [-0.2, -0.15) is 0 Å². The zero-order valence-electron chi connectivity index (χ0n) is 18.3. The van der Waals surface area contributed by atoms with Crippen LogP contribution in [0.5, 0.6) is 0 Å². The van der Waals surface area contributed by atoms with Gasteiger partial charge in [0.1, 0.15) is 0 Å². The van der Waals surface area contributed by atoms with Gasteiger partial charge in [0.2, 0.25) is 0 Å². The van der Waals surface area contributed by atoms with Crippen LogP contribution in [0.3, 0.4) is 0 Å². The third kappa shape index (κ3) is 11.8. The second-order valence-electron chi connectivity index (χ2n) is 7.28. The quantitative estimate of drug-likeness (QED) is 0.282. The Morgan fingerprint density at radius 1 is 1.16 bits per heavy atom. The molecule has 0 radical (unpaired) electrons. The maximum atomic E-state index is 12.5. The van der Waals surface area contributed by atoms with E-state index in [-0.39, 0.29) is 12.0 Å². The Hall–Kier alpha value is -2.49. The van der Waals surface area contributed by atoms with Crippen molar-refractivity contribution in [3.8, 4) is 0 Å². The molecule has 2 rings (SSSR count). The van der Waals surface area contributed by atoms with E-state index in [1.54, 1.807) is 0 Å². The summed E-state index contributed by atoms with van der Waals surface area (Å²) in [6, 6.07) is 7.56. The molecule has 176 valence electrons. The summed E-state index contributed by atoms with van der Waals surface area (Å²) in [5.41, 5.74) is 0.753. The van der Waals surface area contributed by atoms with Crippen LogP contribution < -0.4 is 0 Å². The molecular weight excluding hydrogens is 480 g/mol. The van der Waals surface area contributed by atoms with Gasteiger partial charge in [0.05, 0.1) is 6.10 Å². The molecule has 1 amide bonds. The Morgan fingerprint density at radius 3 is 2.22 bits per heavy atom. The van der Waals surface area contributed by atoms with Crippen LogP contribution >= 0.6 is 15.9 Å². The summed E-state index contributed by atoms with van der Waals surface area (Å²) in [5.74, 6) is -2.40. The van der Waals surface area contributed by atoms with Crippen LogP contribution in [0, 0.1) is 0 Å². The fourth-order valence-corrected chi connectivity index (χ4v) is 3.30. The van der Waals surface area contributed by atoms with Gasteiger partial charge in [0, 0.05) is 55.0 Å². The molecule has 0 aromatic heterocycles. The van der Waals surface area contributed by atoms with E-state index in [9.17, 15) is 14.4 Å². The van der Waals surface area contributed by atoms with Gasteiger partial charge in [-0.3, -0.25) is 4.79 Å². The lowest BCUT2D eigenvalue weighted by Gasteiger charge is -2.32. The second kappa shape index (κ2) is 15.3. The summed E-state index contributed by atoms with van der Waals surface area (Å²) in [7, 11) is 2.09. The van der Waals surface area contributed by atoms with Gasteiger partial charge in [-0.05, 0) is 50.6 Å². The molecule has 0 saturated carbocycles. The zero-order valence-corrected chi connectivity index (χ0v) is 19.9. The van der Waals surface area contributed by atoms with Gasteiger partial charge in [0.25, 0.3) is 5.91 Å². The number of carbonyl (C=O) groups is 3. The highest BCUT2D eigenvalue weighted by Gasteiger charge is 2.23. The van der Waals surface area contributed by atoms with E-state index in [0.717, 1.165) is 62.1 Å². The van der Waals surface area contributed by atoms with Crippen LogP contribution in [0.15, 0.2) is 53.5 Å². The number of hydrogen-bond donors (Lipinski definition) is 2. The summed E-state index contributed by atoms with van der Waals surface area (Å²) in [4.78, 5) is 35.7. The van der Waals surface area contributed by atoms with Crippen LogP contribution in [-0.4, -0.2) is 83.8 Å². The van der Waals surface area contributed by atoms with Crippen LogP contribution in [0.4, 0.5) is 0 Å². The number of aliphatic carboxylic acids is 2. The Balaban J connectivity index is 0.000000547. The van der Waals surface area contributed by atoms with Crippen molar-refractivity contribution in [2.45, 2.75) is 25.4 Å². The molecule has 1 heterocycles. The molecule has 8 nitrogen and oxygen atoms in total. The fourth-order valence-electron chi connectivity index (χ4n) is 3.04. The van der Waals surface area contributed by atoms with E-state index in [1.807, 2.05) is 35.2 Å². The molecule has 1 aromatic carbocycles. The normalized spacial score (nSPS) is 14.2. The smallest absolute Gasteiger partial charge is 0.328 e. The van der Waals surface area contributed by atoms with Gasteiger partial charge in [-0.25, -0.2) is 9.59 Å². The largest absolute Gasteiger partial charge is 0.478 e. The van der Waals surface area contributed by atoms with Gasteiger partial charge in [0.15, 0.2) is 0 Å². The number of carboxylic acids is 2. The van der Waals surface area contributed by atoms with Gasteiger partial charge in [-0.15, -0.1) is 6.58 Å². The SMILES string of the molecule is C=CCN(C)CCCOC1CCN(C(=O)c2ccc(Br)cc2)CC1.O=C(O)/C=C/C(=O)O. The Labute approximate surface area is 197 Å². The van der Waals surface area contributed by atoms with Crippen LogP contribution in [0.25, 0.3) is 0 Å². The number of rotatable bonds is 10. The number of carboxylic acid groups (broad SMARTS) is 2. The molecule has 0 bridgehead atoms. The first-order chi connectivity index (χ1) is 15.2. The number of likely N-dealkylation sites (tertiary alicyclic amines) is 1. The molecule has 32 heavy (non-hydrogen) atoms. The lowest BCUT2D eigenvalue weighted by Crippen LogP contribution is -2.41. The van der Waals surface area contributed by atoms with Gasteiger partial charge < -0.3 is 24.7 Å². The molecule has 1 aliphatic heterocycles. The van der Waals surface area contributed by atoms with Gasteiger partial charge >= 0.3 is 11.9 Å². The van der Waals surface area contributed by atoms with Crippen molar-refractivity contribution < 1.29 is 29.3 Å². The molecule has 0 spiro atoms. The van der Waals surface area contributed by atoms with Crippen molar-refractivity contribution in [2.24, 2.45) is 0 Å². The molecule has 0 atom stereocenters. The van der Waals surface area contributed by atoms with E-state index >= 15 is 0 Å². The molecule has 0 aliphatic carbocycles. The lowest BCUT2D eigenvalue weighted by molar-refractivity contribution is -0.134. The number of benzene rings is 1. The minimum Gasteiger partial charge on any atom is -0.478 e. The molecule has 1 aliphatic rings. The summed E-state index contributed by atoms with van der Waals surface area (Å²) in [6.07, 6.45) is 6.19. The Kier molecular flexibility index (Phi) is 13.2. The number of halogens is 1. The summed E-state index contributed by atoms with van der Waals surface area (Å²) >= 11 is 3.40. The van der Waals surface area contributed by atoms with E-state index in [4.69, 9.17) is 14.9 Å². The first-order valence-electron chi connectivity index (χ1n) is 10.3. The standard InChI is InChI=1S/C19H27BrN2O2.C4H4O4/c1-3-11-21(2)12-4-15-24-18-9-13-22(14-10-18)19(23)16-5-7-17(20)8-6-16;5-3(6)1-2-4(7)8/h3,5-8,18H,1,4,9-15H2,2H3;1-2H,(H,5,6)(H,7,8)/b;2-1+. The van der Waals surface area contributed by atoms with Crippen molar-refractivity contribution in [2.75, 3.05) is 39.8 Å². The highest BCUT2D eigenvalue weighted by molar-refractivity contribution is 9.10. The number of amides is 1. The molecular formula is C23H31BrN2O6. The summed E-state index contributed by atoms with van der Waals surface area (Å²) in [5, 5.41) is 15.6. The predicted octanol–water partition coefficient (Wildman–Crippen LogP) is 3.29. The number of ether oxygens (including phenoxy) is 1. The topological polar surface area (TPSA) is 107 Å². The average Bonchev–Trinajstić information content (AvgIpc) is 2.76. The molecule has 0 unspecified atom stereocenters. The van der Waals surface area contributed by atoms with Crippen molar-refractivity contribution in [3.63, 3.8) is 0 Å².